The van der Waals surface area contributed by atoms with Crippen molar-refractivity contribution in [2.45, 2.75) is 25.7 Å². The molecule has 3 nitrogen and oxygen atoms in total. The van der Waals surface area contributed by atoms with Gasteiger partial charge in [-0.05, 0) is 66.1 Å². The molecule has 0 N–H and O–H groups in total. The molecule has 0 aromatic heterocycles. The van der Waals surface area contributed by atoms with Crippen LogP contribution in [0, 0.1) is 10.7 Å². The summed E-state index contributed by atoms with van der Waals surface area (Å²) in [6, 6.07) is 10.6. The number of nitrogens with zero attached hydrogens (tertiary/aromatic N) is 2. The molecule has 0 fully saturated rings. The molecular weight excluding hydrogens is 315 g/mol. The van der Waals surface area contributed by atoms with E-state index in [0.717, 1.165) is 41.8 Å². The van der Waals surface area contributed by atoms with Gasteiger partial charge >= 0.3 is 0 Å². The smallest absolute Gasteiger partial charge is 0.123 e. The van der Waals surface area contributed by atoms with E-state index in [1.807, 2.05) is 18.2 Å². The number of hydrogen-bond donors (Lipinski definition) is 0. The van der Waals surface area contributed by atoms with Gasteiger partial charge in [0, 0.05) is 18.1 Å². The number of hydrogen-bond acceptors (Lipinski definition) is 2. The van der Waals surface area contributed by atoms with E-state index in [4.69, 9.17) is 11.6 Å². The normalized spacial score (nSPS) is 14.3. The Bertz CT molecular complexity index is 720. The molecule has 0 radical (unpaired) electrons. The molecule has 120 valence electrons. The lowest BCUT2D eigenvalue weighted by Crippen LogP contribution is -2.19. The van der Waals surface area contributed by atoms with Crippen LogP contribution in [0.5, 0.6) is 0 Å². The number of fused-ring (bicyclic) bond motifs is 1. The highest BCUT2D eigenvalue weighted by molar-refractivity contribution is 6.31. The first-order valence-corrected chi connectivity index (χ1v) is 8.17. The van der Waals surface area contributed by atoms with Crippen LogP contribution in [-0.4, -0.2) is 18.1 Å². The standard InChI is InChI=1S/C18H18ClFN2O/c19-18-7-5-14-8-10-22(21-23)11-9-16(14)17(18)6-4-13-2-1-3-15(20)12-13/h1-3,5,7,12H,4,6,8-11H2. The van der Waals surface area contributed by atoms with Gasteiger partial charge in [-0.25, -0.2) is 4.39 Å². The van der Waals surface area contributed by atoms with Gasteiger partial charge in [0.2, 0.25) is 0 Å². The first-order valence-electron chi connectivity index (χ1n) is 7.79. The van der Waals surface area contributed by atoms with Crippen molar-refractivity contribution in [3.8, 4) is 0 Å². The largest absolute Gasteiger partial charge is 0.260 e. The minimum absolute atomic E-state index is 0.215. The lowest BCUT2D eigenvalue weighted by Gasteiger charge is -2.14. The van der Waals surface area contributed by atoms with Gasteiger partial charge in [-0.2, -0.15) is 0 Å². The summed E-state index contributed by atoms with van der Waals surface area (Å²) >= 11 is 6.41. The molecule has 0 bridgehead atoms. The predicted octanol–water partition coefficient (Wildman–Crippen LogP) is 4.35. The predicted molar refractivity (Wildman–Crippen MR) is 90.0 cm³/mol. The van der Waals surface area contributed by atoms with Crippen LogP contribution in [0.2, 0.25) is 5.02 Å². The number of aryl methyl sites for hydroxylation is 1. The second-order valence-electron chi connectivity index (χ2n) is 5.83. The van der Waals surface area contributed by atoms with Gasteiger partial charge in [-0.3, -0.25) is 5.01 Å². The summed E-state index contributed by atoms with van der Waals surface area (Å²) in [6.45, 7) is 1.26. The Hall–Kier alpha value is -1.94. The maximum Gasteiger partial charge on any atom is 0.123 e. The third-order valence-electron chi connectivity index (χ3n) is 4.40. The second kappa shape index (κ2) is 7.09. The Morgan fingerprint density at radius 1 is 1.13 bits per heavy atom. The van der Waals surface area contributed by atoms with Gasteiger partial charge in [0.25, 0.3) is 0 Å². The summed E-state index contributed by atoms with van der Waals surface area (Å²) in [5, 5.41) is 5.36. The fourth-order valence-corrected chi connectivity index (χ4v) is 3.45. The van der Waals surface area contributed by atoms with Crippen molar-refractivity contribution in [1.29, 1.82) is 0 Å². The summed E-state index contributed by atoms with van der Waals surface area (Å²) in [4.78, 5) is 10.8. The topological polar surface area (TPSA) is 32.7 Å². The highest BCUT2D eigenvalue weighted by Crippen LogP contribution is 2.28. The number of nitroso groups, excluding NO2 is 1. The summed E-state index contributed by atoms with van der Waals surface area (Å²) < 4.78 is 13.3. The number of benzene rings is 2. The zero-order valence-electron chi connectivity index (χ0n) is 12.8. The Morgan fingerprint density at radius 2 is 1.96 bits per heavy atom. The van der Waals surface area contributed by atoms with Crippen LogP contribution in [0.4, 0.5) is 4.39 Å². The first-order chi connectivity index (χ1) is 11.2. The number of rotatable bonds is 4. The Morgan fingerprint density at radius 3 is 2.74 bits per heavy atom. The third kappa shape index (κ3) is 3.70. The monoisotopic (exact) mass is 332 g/mol. The Balaban J connectivity index is 1.83. The summed E-state index contributed by atoms with van der Waals surface area (Å²) in [7, 11) is 0. The minimum Gasteiger partial charge on any atom is -0.260 e. The average Bonchev–Trinajstić information content (AvgIpc) is 2.76. The van der Waals surface area contributed by atoms with E-state index in [1.165, 1.54) is 17.2 Å². The SMILES string of the molecule is O=NN1CCc2ccc(Cl)c(CCc3cccc(F)c3)c2CC1. The van der Waals surface area contributed by atoms with Crippen LogP contribution in [0.1, 0.15) is 22.3 Å². The molecule has 0 saturated heterocycles. The zero-order chi connectivity index (χ0) is 16.2. The van der Waals surface area contributed by atoms with E-state index in [2.05, 4.69) is 5.29 Å². The molecule has 1 heterocycles. The van der Waals surface area contributed by atoms with E-state index in [9.17, 15) is 9.30 Å². The molecule has 1 aliphatic rings. The van der Waals surface area contributed by atoms with Gasteiger partial charge in [-0.15, -0.1) is 4.91 Å². The maximum atomic E-state index is 13.3. The zero-order valence-corrected chi connectivity index (χ0v) is 13.5. The van der Waals surface area contributed by atoms with Gasteiger partial charge in [0.1, 0.15) is 5.82 Å². The van der Waals surface area contributed by atoms with Crippen molar-refractivity contribution in [2.24, 2.45) is 5.29 Å². The van der Waals surface area contributed by atoms with Crippen LogP contribution in [-0.2, 0) is 25.7 Å². The second-order valence-corrected chi connectivity index (χ2v) is 6.24. The molecule has 23 heavy (non-hydrogen) atoms. The lowest BCUT2D eigenvalue weighted by atomic mass is 9.93. The summed E-state index contributed by atoms with van der Waals surface area (Å²) in [6.07, 6.45) is 3.06. The van der Waals surface area contributed by atoms with Crippen molar-refractivity contribution in [1.82, 2.24) is 5.01 Å². The molecule has 0 aliphatic carbocycles. The molecule has 0 saturated carbocycles. The molecule has 0 amide bonds. The maximum absolute atomic E-state index is 13.3. The molecule has 2 aromatic rings. The Kier molecular flexibility index (Phi) is 4.91. The molecule has 3 rings (SSSR count). The highest BCUT2D eigenvalue weighted by Gasteiger charge is 2.18. The summed E-state index contributed by atoms with van der Waals surface area (Å²) in [5.41, 5.74) is 4.53. The quantitative estimate of drug-likeness (QED) is 0.780. The first kappa shape index (κ1) is 15.9. The van der Waals surface area contributed by atoms with Crippen LogP contribution in [0.3, 0.4) is 0 Å². The highest BCUT2D eigenvalue weighted by atomic mass is 35.5. The van der Waals surface area contributed by atoms with Crippen molar-refractivity contribution in [3.63, 3.8) is 0 Å². The van der Waals surface area contributed by atoms with Crippen LogP contribution < -0.4 is 0 Å². The van der Waals surface area contributed by atoms with Crippen LogP contribution >= 0.6 is 11.6 Å². The van der Waals surface area contributed by atoms with Gasteiger partial charge in [0.15, 0.2) is 0 Å². The fourth-order valence-electron chi connectivity index (χ4n) is 3.17. The molecule has 2 aromatic carbocycles. The molecule has 5 heteroatoms. The molecule has 0 spiro atoms. The van der Waals surface area contributed by atoms with E-state index in [0.29, 0.717) is 13.1 Å². The molecule has 0 unspecified atom stereocenters. The van der Waals surface area contributed by atoms with Crippen molar-refractivity contribution < 1.29 is 4.39 Å². The average molecular weight is 333 g/mol. The summed E-state index contributed by atoms with van der Waals surface area (Å²) in [5.74, 6) is -0.215. The van der Waals surface area contributed by atoms with E-state index < -0.39 is 0 Å². The van der Waals surface area contributed by atoms with E-state index >= 15 is 0 Å². The van der Waals surface area contributed by atoms with E-state index in [-0.39, 0.29) is 5.82 Å². The van der Waals surface area contributed by atoms with Crippen molar-refractivity contribution in [2.75, 3.05) is 13.1 Å². The third-order valence-corrected chi connectivity index (χ3v) is 4.75. The Labute approximate surface area is 140 Å². The van der Waals surface area contributed by atoms with E-state index in [1.54, 1.807) is 17.1 Å². The molecule has 1 aliphatic heterocycles. The number of halogens is 2. The van der Waals surface area contributed by atoms with Gasteiger partial charge in [0.05, 0.1) is 5.29 Å². The van der Waals surface area contributed by atoms with Crippen LogP contribution in [0.15, 0.2) is 41.7 Å². The van der Waals surface area contributed by atoms with Crippen LogP contribution in [0.25, 0.3) is 0 Å². The molecular formula is C18H18ClFN2O. The van der Waals surface area contributed by atoms with Crippen molar-refractivity contribution >= 4 is 11.6 Å². The van der Waals surface area contributed by atoms with Gasteiger partial charge in [-0.1, -0.05) is 29.8 Å². The fraction of sp³-hybridized carbons (Fsp3) is 0.333. The van der Waals surface area contributed by atoms with Crippen molar-refractivity contribution in [3.05, 3.63) is 74.4 Å². The molecule has 0 atom stereocenters. The lowest BCUT2D eigenvalue weighted by molar-refractivity contribution is 0.299. The van der Waals surface area contributed by atoms with Gasteiger partial charge < -0.3 is 0 Å². The minimum atomic E-state index is -0.215.